The maximum atomic E-state index is 12.8. The minimum atomic E-state index is 0.181. The normalized spacial score (nSPS) is 25.3. The van der Waals surface area contributed by atoms with Gasteiger partial charge in [-0.25, -0.2) is 0 Å². The highest BCUT2D eigenvalue weighted by Gasteiger charge is 2.33. The zero-order valence-corrected chi connectivity index (χ0v) is 12.8. The van der Waals surface area contributed by atoms with Gasteiger partial charge in [0.1, 0.15) is 0 Å². The molecule has 2 unspecified atom stereocenters. The molecular weight excluding hydrogens is 262 g/mol. The molecule has 4 nitrogen and oxygen atoms in total. The Bertz CT molecular complexity index is 529. The number of anilines is 1. The van der Waals surface area contributed by atoms with Crippen molar-refractivity contribution in [3.05, 3.63) is 29.3 Å². The number of carbonyl (C=O) groups is 1. The summed E-state index contributed by atoms with van der Waals surface area (Å²) in [7, 11) is 0. The molecule has 2 fully saturated rings. The van der Waals surface area contributed by atoms with Crippen LogP contribution in [0.2, 0.25) is 0 Å². The van der Waals surface area contributed by atoms with Crippen molar-refractivity contribution < 1.29 is 4.79 Å². The Kier molecular flexibility index (Phi) is 4.15. The van der Waals surface area contributed by atoms with Crippen molar-refractivity contribution in [2.45, 2.75) is 39.0 Å². The number of amides is 1. The second kappa shape index (κ2) is 6.06. The third kappa shape index (κ3) is 2.91. The van der Waals surface area contributed by atoms with E-state index >= 15 is 0 Å². The average molecular weight is 287 g/mol. The standard InChI is InChI=1S/C17H25N3O/c1-12-10-15(19-18)6-7-16(12)17(21)20-9-8-13-4-2-3-5-14(13)11-20/h6-7,10,13-14,19H,2-5,8-9,11,18H2,1H3. The topological polar surface area (TPSA) is 58.4 Å². The molecule has 1 aromatic rings. The number of hydrazine groups is 1. The van der Waals surface area contributed by atoms with E-state index in [2.05, 4.69) is 10.3 Å². The number of rotatable bonds is 2. The smallest absolute Gasteiger partial charge is 0.254 e. The number of aryl methyl sites for hydroxylation is 1. The van der Waals surface area contributed by atoms with Crippen LogP contribution in [0.15, 0.2) is 18.2 Å². The Balaban J connectivity index is 1.73. The first-order chi connectivity index (χ1) is 10.2. The second-order valence-corrected chi connectivity index (χ2v) is 6.52. The number of benzene rings is 1. The quantitative estimate of drug-likeness (QED) is 0.649. The lowest BCUT2D eigenvalue weighted by Gasteiger charge is -2.41. The van der Waals surface area contributed by atoms with Gasteiger partial charge in [0.05, 0.1) is 0 Å². The third-order valence-electron chi connectivity index (χ3n) is 5.20. The molecule has 1 heterocycles. The monoisotopic (exact) mass is 287 g/mol. The summed E-state index contributed by atoms with van der Waals surface area (Å²) in [6, 6.07) is 5.69. The number of fused-ring (bicyclic) bond motifs is 1. The molecule has 0 aromatic heterocycles. The summed E-state index contributed by atoms with van der Waals surface area (Å²) in [4.78, 5) is 14.8. The predicted molar refractivity (Wildman–Crippen MR) is 85.0 cm³/mol. The van der Waals surface area contributed by atoms with Crippen LogP contribution in [-0.4, -0.2) is 23.9 Å². The molecule has 1 amide bonds. The van der Waals surface area contributed by atoms with Gasteiger partial charge in [0.25, 0.3) is 5.91 Å². The van der Waals surface area contributed by atoms with Gasteiger partial charge >= 0.3 is 0 Å². The Morgan fingerprint density at radius 2 is 2.00 bits per heavy atom. The minimum Gasteiger partial charge on any atom is -0.338 e. The van der Waals surface area contributed by atoms with Crippen molar-refractivity contribution in [2.75, 3.05) is 18.5 Å². The van der Waals surface area contributed by atoms with Crippen molar-refractivity contribution in [2.24, 2.45) is 17.7 Å². The molecule has 1 saturated carbocycles. The van der Waals surface area contributed by atoms with Crippen molar-refractivity contribution in [3.63, 3.8) is 0 Å². The molecule has 3 rings (SSSR count). The Hall–Kier alpha value is -1.55. The minimum absolute atomic E-state index is 0.181. The van der Waals surface area contributed by atoms with Crippen molar-refractivity contribution in [1.29, 1.82) is 0 Å². The van der Waals surface area contributed by atoms with Crippen LogP contribution in [0.3, 0.4) is 0 Å². The molecular formula is C17H25N3O. The SMILES string of the molecule is Cc1cc(NN)ccc1C(=O)N1CCC2CCCCC2C1. The van der Waals surface area contributed by atoms with Crippen molar-refractivity contribution in [3.8, 4) is 0 Å². The predicted octanol–water partition coefficient (Wildman–Crippen LogP) is 2.93. The number of likely N-dealkylation sites (tertiary alicyclic amines) is 1. The van der Waals surface area contributed by atoms with Crippen LogP contribution in [0.25, 0.3) is 0 Å². The highest BCUT2D eigenvalue weighted by Crippen LogP contribution is 2.36. The Morgan fingerprint density at radius 3 is 2.71 bits per heavy atom. The first kappa shape index (κ1) is 14.4. The van der Waals surface area contributed by atoms with Gasteiger partial charge in [-0.3, -0.25) is 10.6 Å². The van der Waals surface area contributed by atoms with Gasteiger partial charge in [-0.15, -0.1) is 0 Å². The molecule has 1 saturated heterocycles. The van der Waals surface area contributed by atoms with E-state index in [1.54, 1.807) is 0 Å². The molecule has 0 bridgehead atoms. The molecule has 1 aliphatic heterocycles. The highest BCUT2D eigenvalue weighted by atomic mass is 16.2. The molecule has 2 atom stereocenters. The van der Waals surface area contributed by atoms with Gasteiger partial charge in [-0.2, -0.15) is 0 Å². The van der Waals surface area contributed by atoms with Gasteiger partial charge in [0.15, 0.2) is 0 Å². The number of hydrogen-bond donors (Lipinski definition) is 2. The van der Waals surface area contributed by atoms with Crippen LogP contribution in [0.5, 0.6) is 0 Å². The van der Waals surface area contributed by atoms with Gasteiger partial charge in [-0.1, -0.05) is 19.3 Å². The van der Waals surface area contributed by atoms with Gasteiger partial charge in [0, 0.05) is 24.3 Å². The number of hydrogen-bond acceptors (Lipinski definition) is 3. The lowest BCUT2D eigenvalue weighted by atomic mass is 9.75. The number of nitrogens with two attached hydrogens (primary N) is 1. The molecule has 0 radical (unpaired) electrons. The van der Waals surface area contributed by atoms with Crippen LogP contribution in [0, 0.1) is 18.8 Å². The summed E-state index contributed by atoms with van der Waals surface area (Å²) >= 11 is 0. The number of piperidine rings is 1. The first-order valence-electron chi connectivity index (χ1n) is 8.05. The van der Waals surface area contributed by atoms with E-state index in [-0.39, 0.29) is 5.91 Å². The molecule has 21 heavy (non-hydrogen) atoms. The first-order valence-corrected chi connectivity index (χ1v) is 8.05. The Morgan fingerprint density at radius 1 is 1.24 bits per heavy atom. The van der Waals surface area contributed by atoms with E-state index in [9.17, 15) is 4.79 Å². The zero-order valence-electron chi connectivity index (χ0n) is 12.8. The lowest BCUT2D eigenvalue weighted by Crippen LogP contribution is -2.44. The molecule has 3 N–H and O–H groups in total. The van der Waals surface area contributed by atoms with Crippen LogP contribution in [0.4, 0.5) is 5.69 Å². The Labute approximate surface area is 126 Å². The van der Waals surface area contributed by atoms with Gasteiger partial charge in [0.2, 0.25) is 0 Å². The fourth-order valence-corrected chi connectivity index (χ4v) is 3.95. The van der Waals surface area contributed by atoms with Crippen LogP contribution in [0.1, 0.15) is 48.0 Å². The summed E-state index contributed by atoms with van der Waals surface area (Å²) in [6.45, 7) is 3.83. The van der Waals surface area contributed by atoms with E-state index in [1.807, 2.05) is 25.1 Å². The van der Waals surface area contributed by atoms with E-state index in [0.717, 1.165) is 41.7 Å². The fraction of sp³-hybridized carbons (Fsp3) is 0.588. The number of nitrogens with one attached hydrogen (secondary N) is 1. The number of nitrogen functional groups attached to an aromatic ring is 1. The van der Waals surface area contributed by atoms with Crippen LogP contribution < -0.4 is 11.3 Å². The molecule has 1 aliphatic carbocycles. The lowest BCUT2D eigenvalue weighted by molar-refractivity contribution is 0.0520. The summed E-state index contributed by atoms with van der Waals surface area (Å²) in [5.41, 5.74) is 5.26. The summed E-state index contributed by atoms with van der Waals surface area (Å²) in [5.74, 6) is 7.17. The molecule has 4 heteroatoms. The molecule has 2 aliphatic rings. The van der Waals surface area contributed by atoms with E-state index in [0.29, 0.717) is 0 Å². The third-order valence-corrected chi connectivity index (χ3v) is 5.20. The zero-order chi connectivity index (χ0) is 14.8. The average Bonchev–Trinajstić information content (AvgIpc) is 2.53. The molecule has 114 valence electrons. The number of carbonyl (C=O) groups excluding carboxylic acids is 1. The van der Waals surface area contributed by atoms with Crippen LogP contribution in [-0.2, 0) is 0 Å². The summed E-state index contributed by atoms with van der Waals surface area (Å²) < 4.78 is 0. The molecule has 0 spiro atoms. The van der Waals surface area contributed by atoms with Gasteiger partial charge in [-0.05, 0) is 55.4 Å². The van der Waals surface area contributed by atoms with Crippen molar-refractivity contribution >= 4 is 11.6 Å². The number of nitrogens with zero attached hydrogens (tertiary/aromatic N) is 1. The largest absolute Gasteiger partial charge is 0.338 e. The summed E-state index contributed by atoms with van der Waals surface area (Å²) in [6.07, 6.45) is 6.55. The molecule has 1 aromatic carbocycles. The van der Waals surface area contributed by atoms with Crippen molar-refractivity contribution in [1.82, 2.24) is 4.90 Å². The maximum Gasteiger partial charge on any atom is 0.254 e. The van der Waals surface area contributed by atoms with E-state index in [1.165, 1.54) is 32.1 Å². The summed E-state index contributed by atoms with van der Waals surface area (Å²) in [5, 5.41) is 0. The highest BCUT2D eigenvalue weighted by molar-refractivity contribution is 5.96. The fourth-order valence-electron chi connectivity index (χ4n) is 3.95. The van der Waals surface area contributed by atoms with Crippen LogP contribution >= 0.6 is 0 Å². The van der Waals surface area contributed by atoms with E-state index < -0.39 is 0 Å². The van der Waals surface area contributed by atoms with E-state index in [4.69, 9.17) is 5.84 Å². The maximum absolute atomic E-state index is 12.8. The second-order valence-electron chi connectivity index (χ2n) is 6.52. The van der Waals surface area contributed by atoms with Gasteiger partial charge < -0.3 is 10.3 Å².